The number of carbonyl (C=O) groups is 3. The molecule has 0 bridgehead atoms. The van der Waals surface area contributed by atoms with Crippen molar-refractivity contribution in [1.29, 1.82) is 0 Å². The van der Waals surface area contributed by atoms with Crippen LogP contribution in [-0.2, 0) is 4.79 Å². The SMILES string of the molecule is Cc1ccc2c(c1)C(NC(=O)c1ccccc1)C(=O)N2C(N)=O. The number of hydrogen-bond acceptors (Lipinski definition) is 3. The molecular weight excluding hydrogens is 294 g/mol. The Morgan fingerprint density at radius 2 is 1.83 bits per heavy atom. The standard InChI is InChI=1S/C17H15N3O3/c1-10-7-8-13-12(9-10)14(16(22)20(13)17(18)23)19-15(21)11-5-3-2-4-6-11/h2-9,14H,1H3,(H2,18,23)(H,19,21). The number of hydrogen-bond donors (Lipinski definition) is 2. The molecule has 6 heteroatoms. The number of primary amides is 1. The van der Waals surface area contributed by atoms with E-state index in [1.165, 1.54) is 0 Å². The van der Waals surface area contributed by atoms with Gasteiger partial charge in [-0.1, -0.05) is 35.9 Å². The number of anilines is 1. The van der Waals surface area contributed by atoms with Crippen LogP contribution in [0.25, 0.3) is 0 Å². The zero-order valence-corrected chi connectivity index (χ0v) is 12.4. The van der Waals surface area contributed by atoms with E-state index in [4.69, 9.17) is 5.73 Å². The molecule has 3 N–H and O–H groups in total. The van der Waals surface area contributed by atoms with E-state index in [-0.39, 0.29) is 5.91 Å². The lowest BCUT2D eigenvalue weighted by Crippen LogP contribution is -2.42. The molecule has 0 spiro atoms. The van der Waals surface area contributed by atoms with Crippen LogP contribution in [0.15, 0.2) is 48.5 Å². The fraction of sp³-hybridized carbons (Fsp3) is 0.118. The number of imide groups is 1. The molecule has 116 valence electrons. The first-order chi connectivity index (χ1) is 11.0. The molecule has 3 rings (SSSR count). The number of amides is 4. The van der Waals surface area contributed by atoms with Gasteiger partial charge in [0.15, 0.2) is 0 Å². The van der Waals surface area contributed by atoms with E-state index in [9.17, 15) is 14.4 Å². The molecule has 6 nitrogen and oxygen atoms in total. The summed E-state index contributed by atoms with van der Waals surface area (Å²) in [4.78, 5) is 37.3. The second kappa shape index (κ2) is 5.57. The van der Waals surface area contributed by atoms with Crippen LogP contribution >= 0.6 is 0 Å². The number of urea groups is 1. The molecule has 1 unspecified atom stereocenters. The topological polar surface area (TPSA) is 92.5 Å². The molecule has 2 aromatic carbocycles. The van der Waals surface area contributed by atoms with Gasteiger partial charge in [0.2, 0.25) is 0 Å². The number of nitrogens with two attached hydrogens (primary N) is 1. The summed E-state index contributed by atoms with van der Waals surface area (Å²) in [6, 6.07) is 12.0. The molecule has 1 heterocycles. The highest BCUT2D eigenvalue weighted by Gasteiger charge is 2.41. The van der Waals surface area contributed by atoms with E-state index < -0.39 is 18.0 Å². The second-order valence-electron chi connectivity index (χ2n) is 5.35. The Morgan fingerprint density at radius 3 is 2.48 bits per heavy atom. The summed E-state index contributed by atoms with van der Waals surface area (Å²) in [6.07, 6.45) is 0. The quantitative estimate of drug-likeness (QED) is 0.887. The average Bonchev–Trinajstić information content (AvgIpc) is 2.80. The molecule has 0 aliphatic carbocycles. The number of aryl methyl sites for hydroxylation is 1. The van der Waals surface area contributed by atoms with Crippen LogP contribution in [0.4, 0.5) is 10.5 Å². The molecular formula is C17H15N3O3. The van der Waals surface area contributed by atoms with Crippen LogP contribution in [0.2, 0.25) is 0 Å². The molecule has 0 fully saturated rings. The largest absolute Gasteiger partial charge is 0.351 e. The predicted molar refractivity (Wildman–Crippen MR) is 84.9 cm³/mol. The molecule has 0 saturated carbocycles. The van der Waals surface area contributed by atoms with Crippen molar-refractivity contribution in [3.8, 4) is 0 Å². The Labute approximate surface area is 132 Å². The van der Waals surface area contributed by atoms with Gasteiger partial charge in [-0.25, -0.2) is 9.69 Å². The third-order valence-corrected chi connectivity index (χ3v) is 3.73. The molecule has 0 radical (unpaired) electrons. The predicted octanol–water partition coefficient (Wildman–Crippen LogP) is 1.89. The fourth-order valence-electron chi connectivity index (χ4n) is 2.66. The highest BCUT2D eigenvalue weighted by molar-refractivity contribution is 6.21. The van der Waals surface area contributed by atoms with Crippen molar-refractivity contribution in [3.63, 3.8) is 0 Å². The van der Waals surface area contributed by atoms with Crippen LogP contribution in [0.5, 0.6) is 0 Å². The minimum absolute atomic E-state index is 0.386. The lowest BCUT2D eigenvalue weighted by atomic mass is 10.0. The van der Waals surface area contributed by atoms with Crippen LogP contribution in [-0.4, -0.2) is 17.8 Å². The minimum Gasteiger partial charge on any atom is -0.351 e. The van der Waals surface area contributed by atoms with E-state index >= 15 is 0 Å². The van der Waals surface area contributed by atoms with E-state index in [1.54, 1.807) is 48.5 Å². The van der Waals surface area contributed by atoms with Gasteiger partial charge < -0.3 is 11.1 Å². The summed E-state index contributed by atoms with van der Waals surface area (Å²) < 4.78 is 0. The van der Waals surface area contributed by atoms with Crippen molar-refractivity contribution < 1.29 is 14.4 Å². The minimum atomic E-state index is -0.926. The molecule has 1 atom stereocenters. The van der Waals surface area contributed by atoms with E-state index in [1.807, 2.05) is 6.92 Å². The summed E-state index contributed by atoms with van der Waals surface area (Å²) in [5.41, 5.74) is 7.63. The molecule has 1 aliphatic rings. The van der Waals surface area contributed by atoms with Gasteiger partial charge in [0.05, 0.1) is 5.69 Å². The van der Waals surface area contributed by atoms with Crippen molar-refractivity contribution in [2.75, 3.05) is 4.90 Å². The lowest BCUT2D eigenvalue weighted by Gasteiger charge is -2.14. The number of fused-ring (bicyclic) bond motifs is 1. The first-order valence-electron chi connectivity index (χ1n) is 7.09. The summed E-state index contributed by atoms with van der Waals surface area (Å²) in [6.45, 7) is 1.87. The number of nitrogens with zero attached hydrogens (tertiary/aromatic N) is 1. The Hall–Kier alpha value is -3.15. The smallest absolute Gasteiger partial charge is 0.326 e. The Balaban J connectivity index is 1.97. The van der Waals surface area contributed by atoms with Crippen molar-refractivity contribution in [1.82, 2.24) is 5.32 Å². The molecule has 2 aromatic rings. The van der Waals surface area contributed by atoms with Gasteiger partial charge >= 0.3 is 6.03 Å². The van der Waals surface area contributed by atoms with Gasteiger partial charge in [-0.05, 0) is 25.1 Å². The van der Waals surface area contributed by atoms with Gasteiger partial charge in [0.25, 0.3) is 11.8 Å². The molecule has 0 saturated heterocycles. The number of carbonyl (C=O) groups excluding carboxylic acids is 3. The maximum absolute atomic E-state index is 12.5. The van der Waals surface area contributed by atoms with Crippen molar-refractivity contribution in [2.24, 2.45) is 5.73 Å². The van der Waals surface area contributed by atoms with E-state index in [2.05, 4.69) is 5.32 Å². The zero-order valence-electron chi connectivity index (χ0n) is 12.4. The molecule has 1 aliphatic heterocycles. The summed E-state index contributed by atoms with van der Waals surface area (Å²) in [7, 11) is 0. The van der Waals surface area contributed by atoms with E-state index in [0.29, 0.717) is 16.8 Å². The zero-order chi connectivity index (χ0) is 16.6. The van der Waals surface area contributed by atoms with Gasteiger partial charge in [0.1, 0.15) is 6.04 Å². The number of nitrogens with one attached hydrogen (secondary N) is 1. The molecule has 0 aromatic heterocycles. The normalized spacial score (nSPS) is 16.1. The maximum atomic E-state index is 12.5. The third kappa shape index (κ3) is 2.55. The number of rotatable bonds is 2. The first-order valence-corrected chi connectivity index (χ1v) is 7.09. The average molecular weight is 309 g/mol. The molecule has 4 amide bonds. The highest BCUT2D eigenvalue weighted by atomic mass is 16.2. The van der Waals surface area contributed by atoms with Crippen LogP contribution in [0, 0.1) is 6.92 Å². The Kier molecular flexibility index (Phi) is 3.57. The first kappa shape index (κ1) is 14.8. The van der Waals surface area contributed by atoms with Gasteiger partial charge in [0, 0.05) is 11.1 Å². The lowest BCUT2D eigenvalue weighted by molar-refractivity contribution is -0.119. The fourth-order valence-corrected chi connectivity index (χ4v) is 2.66. The second-order valence-corrected chi connectivity index (χ2v) is 5.35. The Morgan fingerprint density at radius 1 is 1.13 bits per heavy atom. The molecule has 23 heavy (non-hydrogen) atoms. The summed E-state index contributed by atoms with van der Waals surface area (Å²) >= 11 is 0. The number of benzene rings is 2. The summed E-state index contributed by atoms with van der Waals surface area (Å²) in [5, 5.41) is 2.68. The van der Waals surface area contributed by atoms with Crippen LogP contribution in [0.3, 0.4) is 0 Å². The Bertz CT molecular complexity index is 802. The van der Waals surface area contributed by atoms with Crippen LogP contribution in [0.1, 0.15) is 27.5 Å². The highest BCUT2D eigenvalue weighted by Crippen LogP contribution is 2.36. The van der Waals surface area contributed by atoms with Gasteiger partial charge in [-0.3, -0.25) is 9.59 Å². The van der Waals surface area contributed by atoms with Gasteiger partial charge in [-0.2, -0.15) is 0 Å². The van der Waals surface area contributed by atoms with Crippen molar-refractivity contribution in [3.05, 3.63) is 65.2 Å². The van der Waals surface area contributed by atoms with Crippen LogP contribution < -0.4 is 16.0 Å². The van der Waals surface area contributed by atoms with Gasteiger partial charge in [-0.15, -0.1) is 0 Å². The monoisotopic (exact) mass is 309 g/mol. The van der Waals surface area contributed by atoms with E-state index in [0.717, 1.165) is 10.5 Å². The van der Waals surface area contributed by atoms with Crippen molar-refractivity contribution >= 4 is 23.5 Å². The summed E-state index contributed by atoms with van der Waals surface area (Å²) in [5.74, 6) is -0.940. The third-order valence-electron chi connectivity index (χ3n) is 3.73. The maximum Gasteiger partial charge on any atom is 0.326 e. The van der Waals surface area contributed by atoms with Crippen molar-refractivity contribution in [2.45, 2.75) is 13.0 Å².